The maximum absolute atomic E-state index is 13.9. The number of benzene rings is 2. The first kappa shape index (κ1) is 26.0. The minimum atomic E-state index is -1.96. The zero-order valence-corrected chi connectivity index (χ0v) is 24.3. The first-order valence-electron chi connectivity index (χ1n) is 12.0. The standard InChI is InChI=1S/C27H20Br2Cl2N2O5/c28-12-32-24(37)26(30)11-18-15(21(27(26,31)25(32)38)17-10-13(29)6-9-19(17)34)7-8-16-20(18)23(36)33(22(16)35)14-4-2-1-3-5-14/h1-7,9-10,16,18,20-21,34H,8,11-12H2. The fourth-order valence-electron chi connectivity index (χ4n) is 6.69. The summed E-state index contributed by atoms with van der Waals surface area (Å²) in [5, 5.41) is 10.9. The van der Waals surface area contributed by atoms with Crippen molar-refractivity contribution < 1.29 is 24.3 Å². The van der Waals surface area contributed by atoms with Crippen LogP contribution in [0.3, 0.4) is 0 Å². The zero-order valence-electron chi connectivity index (χ0n) is 19.6. The number of nitrogens with zero attached hydrogens (tertiary/aromatic N) is 2. The van der Waals surface area contributed by atoms with E-state index in [0.29, 0.717) is 21.3 Å². The average molecular weight is 683 g/mol. The molecule has 1 N–H and O–H groups in total. The molecule has 1 saturated carbocycles. The number of rotatable bonds is 3. The van der Waals surface area contributed by atoms with Gasteiger partial charge in [-0.25, -0.2) is 0 Å². The van der Waals surface area contributed by atoms with Gasteiger partial charge in [0.05, 0.1) is 23.0 Å². The lowest BCUT2D eigenvalue weighted by molar-refractivity contribution is -0.138. The number of fused-ring (bicyclic) bond motifs is 4. The van der Waals surface area contributed by atoms with Crippen molar-refractivity contribution in [1.29, 1.82) is 0 Å². The highest BCUT2D eigenvalue weighted by Crippen LogP contribution is 2.66. The number of hydrogen-bond donors (Lipinski definition) is 1. The molecule has 2 saturated heterocycles. The fourth-order valence-corrected chi connectivity index (χ4v) is 8.48. The van der Waals surface area contributed by atoms with Crippen molar-refractivity contribution >= 4 is 84.4 Å². The number of allylic oxidation sites excluding steroid dienone is 2. The van der Waals surface area contributed by atoms with Gasteiger partial charge in [-0.15, -0.1) is 23.2 Å². The van der Waals surface area contributed by atoms with E-state index in [2.05, 4.69) is 31.9 Å². The maximum Gasteiger partial charge on any atom is 0.254 e. The molecule has 2 aliphatic heterocycles. The molecule has 0 spiro atoms. The van der Waals surface area contributed by atoms with E-state index in [1.54, 1.807) is 42.5 Å². The molecule has 4 aliphatic rings. The van der Waals surface area contributed by atoms with Gasteiger partial charge in [-0.3, -0.25) is 29.0 Å². The first-order valence-corrected chi connectivity index (χ1v) is 14.6. The third-order valence-corrected chi connectivity index (χ3v) is 10.7. The van der Waals surface area contributed by atoms with Crippen LogP contribution in [0.5, 0.6) is 5.75 Å². The highest BCUT2D eigenvalue weighted by Gasteiger charge is 2.76. The van der Waals surface area contributed by atoms with Crippen LogP contribution in [-0.4, -0.2) is 48.8 Å². The highest BCUT2D eigenvalue weighted by molar-refractivity contribution is 9.10. The Morgan fingerprint density at radius 3 is 2.37 bits per heavy atom. The number of carbonyl (C=O) groups excluding carboxylic acids is 4. The van der Waals surface area contributed by atoms with Crippen molar-refractivity contribution in [2.75, 3.05) is 10.4 Å². The molecule has 2 aliphatic carbocycles. The number of alkyl halides is 3. The summed E-state index contributed by atoms with van der Waals surface area (Å²) in [6, 6.07) is 13.5. The van der Waals surface area contributed by atoms with Crippen LogP contribution in [0.2, 0.25) is 0 Å². The lowest BCUT2D eigenvalue weighted by atomic mass is 9.56. The van der Waals surface area contributed by atoms with E-state index in [4.69, 9.17) is 23.2 Å². The average Bonchev–Trinajstić information content (AvgIpc) is 3.24. The number of carbonyl (C=O) groups is 4. The summed E-state index contributed by atoms with van der Waals surface area (Å²) < 4.78 is 0.624. The Labute approximate surface area is 245 Å². The van der Waals surface area contributed by atoms with E-state index in [9.17, 15) is 24.3 Å². The number of likely N-dealkylation sites (tertiary alicyclic amines) is 1. The van der Waals surface area contributed by atoms with Gasteiger partial charge in [0.2, 0.25) is 11.8 Å². The quantitative estimate of drug-likeness (QED) is 0.211. The Bertz CT molecular complexity index is 1450. The zero-order chi connectivity index (χ0) is 27.1. The Kier molecular flexibility index (Phi) is 6.11. The second-order valence-corrected chi connectivity index (χ2v) is 12.7. The first-order chi connectivity index (χ1) is 18.1. The number of para-hydroxylation sites is 1. The lowest BCUT2D eigenvalue weighted by Gasteiger charge is -2.50. The monoisotopic (exact) mass is 680 g/mol. The third-order valence-electron chi connectivity index (χ3n) is 8.33. The van der Waals surface area contributed by atoms with Crippen molar-refractivity contribution in [3.8, 4) is 5.75 Å². The Hall–Kier alpha value is -2.20. The van der Waals surface area contributed by atoms with E-state index in [-0.39, 0.29) is 35.9 Å². The van der Waals surface area contributed by atoms with Gasteiger partial charge in [0.1, 0.15) is 5.75 Å². The number of amides is 4. The lowest BCUT2D eigenvalue weighted by Crippen LogP contribution is -2.60. The number of phenolic OH excluding ortho intramolecular Hbond substituents is 1. The van der Waals surface area contributed by atoms with Gasteiger partial charge in [0, 0.05) is 16.0 Å². The van der Waals surface area contributed by atoms with Gasteiger partial charge in [-0.05, 0) is 49.1 Å². The predicted octanol–water partition coefficient (Wildman–Crippen LogP) is 5.07. The van der Waals surface area contributed by atoms with Gasteiger partial charge in [-0.2, -0.15) is 0 Å². The minimum absolute atomic E-state index is 0.105. The van der Waals surface area contributed by atoms with Crippen LogP contribution >= 0.6 is 55.1 Å². The Morgan fingerprint density at radius 1 is 0.974 bits per heavy atom. The number of hydrogen-bond acceptors (Lipinski definition) is 5. The second kappa shape index (κ2) is 8.91. The molecular formula is C27H20Br2Cl2N2O5. The predicted molar refractivity (Wildman–Crippen MR) is 148 cm³/mol. The highest BCUT2D eigenvalue weighted by atomic mass is 79.9. The summed E-state index contributed by atoms with van der Waals surface area (Å²) in [6.45, 7) is 0. The van der Waals surface area contributed by atoms with E-state index >= 15 is 0 Å². The molecule has 2 aromatic rings. The summed E-state index contributed by atoms with van der Waals surface area (Å²) in [5.74, 6) is -5.28. The molecule has 11 heteroatoms. The van der Waals surface area contributed by atoms with Crippen LogP contribution in [0.25, 0.3) is 0 Å². The summed E-state index contributed by atoms with van der Waals surface area (Å²) in [5.41, 5.74) is 1.29. The molecule has 38 heavy (non-hydrogen) atoms. The Balaban J connectivity index is 1.55. The molecule has 3 fully saturated rings. The largest absolute Gasteiger partial charge is 0.508 e. The van der Waals surface area contributed by atoms with Crippen molar-refractivity contribution in [3.63, 3.8) is 0 Å². The smallest absolute Gasteiger partial charge is 0.254 e. The molecule has 7 nitrogen and oxygen atoms in total. The molecule has 2 heterocycles. The molecule has 4 amide bonds. The normalized spacial score (nSPS) is 34.3. The minimum Gasteiger partial charge on any atom is -0.508 e. The van der Waals surface area contributed by atoms with Crippen molar-refractivity contribution in [1.82, 2.24) is 4.90 Å². The Morgan fingerprint density at radius 2 is 1.68 bits per heavy atom. The molecule has 6 atom stereocenters. The van der Waals surface area contributed by atoms with Crippen LogP contribution in [0, 0.1) is 17.8 Å². The molecule has 0 bridgehead atoms. The van der Waals surface area contributed by atoms with Crippen LogP contribution < -0.4 is 4.90 Å². The van der Waals surface area contributed by atoms with E-state index < -0.39 is 45.2 Å². The summed E-state index contributed by atoms with van der Waals surface area (Å²) >= 11 is 21.0. The number of halogens is 4. The van der Waals surface area contributed by atoms with Crippen LogP contribution in [0.1, 0.15) is 24.3 Å². The summed E-state index contributed by atoms with van der Waals surface area (Å²) in [4.78, 5) is 53.1. The molecule has 0 aromatic heterocycles. The molecule has 196 valence electrons. The SMILES string of the molecule is O=C1C2CC=C3C(CC4(Cl)C(=O)N(CBr)C(=O)C4(Cl)C3c3cc(Br)ccc3O)C2C(=O)N1c1ccccc1. The van der Waals surface area contributed by atoms with Crippen molar-refractivity contribution in [3.05, 3.63) is 70.2 Å². The molecule has 6 rings (SSSR count). The topological polar surface area (TPSA) is 95.0 Å². The summed E-state index contributed by atoms with van der Waals surface area (Å²) in [6.07, 6.45) is 1.99. The fraction of sp³-hybridized carbons (Fsp3) is 0.333. The van der Waals surface area contributed by atoms with Crippen molar-refractivity contribution in [2.45, 2.75) is 28.5 Å². The van der Waals surface area contributed by atoms with Crippen LogP contribution in [-0.2, 0) is 19.2 Å². The number of anilines is 1. The summed E-state index contributed by atoms with van der Waals surface area (Å²) in [7, 11) is 0. The molecule has 0 radical (unpaired) electrons. The van der Waals surface area contributed by atoms with Gasteiger partial charge < -0.3 is 5.11 Å². The van der Waals surface area contributed by atoms with Gasteiger partial charge in [0.25, 0.3) is 11.8 Å². The number of aromatic hydroxyl groups is 1. The van der Waals surface area contributed by atoms with Crippen molar-refractivity contribution in [2.24, 2.45) is 17.8 Å². The van der Waals surface area contributed by atoms with Gasteiger partial charge in [0.15, 0.2) is 9.75 Å². The maximum atomic E-state index is 13.9. The molecule has 6 unspecified atom stereocenters. The second-order valence-electron chi connectivity index (χ2n) is 10.0. The molecular weight excluding hydrogens is 663 g/mol. The van der Waals surface area contributed by atoms with Crippen LogP contribution in [0.15, 0.2) is 64.7 Å². The van der Waals surface area contributed by atoms with E-state index in [1.807, 2.05) is 6.08 Å². The van der Waals surface area contributed by atoms with Gasteiger partial charge >= 0.3 is 0 Å². The van der Waals surface area contributed by atoms with Gasteiger partial charge in [-0.1, -0.05) is 61.7 Å². The number of imide groups is 2. The van der Waals surface area contributed by atoms with E-state index in [0.717, 1.165) is 4.90 Å². The van der Waals surface area contributed by atoms with E-state index in [1.165, 1.54) is 11.0 Å². The van der Waals surface area contributed by atoms with Crippen LogP contribution in [0.4, 0.5) is 5.69 Å². The molecule has 2 aromatic carbocycles. The third kappa shape index (κ3) is 3.25. The number of phenols is 1.